The summed E-state index contributed by atoms with van der Waals surface area (Å²) < 4.78 is 39.0. The van der Waals surface area contributed by atoms with E-state index in [1.807, 2.05) is 0 Å². The van der Waals surface area contributed by atoms with Crippen LogP contribution in [0.5, 0.6) is 0 Å². The van der Waals surface area contributed by atoms with Gasteiger partial charge in [0, 0.05) is 12.5 Å². The molecule has 0 aliphatic rings. The molecular formula is C13H17ClF3N3O2. The zero-order chi connectivity index (χ0) is 16.0. The Bertz CT molecular complexity index is 544. The fourth-order valence-electron chi connectivity index (χ4n) is 1.56. The van der Waals surface area contributed by atoms with Crippen LogP contribution in [0.15, 0.2) is 12.1 Å². The van der Waals surface area contributed by atoms with Crippen molar-refractivity contribution in [1.29, 1.82) is 0 Å². The maximum atomic E-state index is 13.3. The van der Waals surface area contributed by atoms with E-state index in [9.17, 15) is 22.8 Å². The SMILES string of the molecule is CNCC(C)C(=O)NCC(=O)Nc1ccc(F)c(F)c1F.Cl. The zero-order valence-electron chi connectivity index (χ0n) is 12.0. The molecule has 1 atom stereocenters. The van der Waals surface area contributed by atoms with Crippen molar-refractivity contribution in [3.05, 3.63) is 29.6 Å². The number of nitrogens with one attached hydrogen (secondary N) is 3. The summed E-state index contributed by atoms with van der Waals surface area (Å²) in [5.74, 6) is -5.95. The first-order valence-corrected chi connectivity index (χ1v) is 6.22. The fraction of sp³-hybridized carbons (Fsp3) is 0.385. The lowest BCUT2D eigenvalue weighted by Crippen LogP contribution is -2.38. The molecule has 1 unspecified atom stereocenters. The molecule has 0 radical (unpaired) electrons. The molecule has 0 saturated heterocycles. The lowest BCUT2D eigenvalue weighted by molar-refractivity contribution is -0.126. The Balaban J connectivity index is 0.00000441. The third kappa shape index (κ3) is 5.53. The van der Waals surface area contributed by atoms with E-state index in [-0.39, 0.29) is 24.2 Å². The van der Waals surface area contributed by atoms with Crippen molar-refractivity contribution in [2.75, 3.05) is 25.5 Å². The predicted octanol–water partition coefficient (Wildman–Crippen LogP) is 1.44. The first-order valence-electron chi connectivity index (χ1n) is 6.22. The van der Waals surface area contributed by atoms with Gasteiger partial charge in [-0.25, -0.2) is 13.2 Å². The maximum Gasteiger partial charge on any atom is 0.243 e. The smallest absolute Gasteiger partial charge is 0.243 e. The summed E-state index contributed by atoms with van der Waals surface area (Å²) >= 11 is 0. The van der Waals surface area contributed by atoms with Crippen molar-refractivity contribution < 1.29 is 22.8 Å². The number of hydrogen-bond acceptors (Lipinski definition) is 3. The third-order valence-corrected chi connectivity index (χ3v) is 2.69. The second kappa shape index (κ2) is 9.26. The Kier molecular flexibility index (Phi) is 8.51. The molecule has 1 rings (SSSR count). The van der Waals surface area contributed by atoms with Gasteiger partial charge in [-0.15, -0.1) is 12.4 Å². The van der Waals surface area contributed by atoms with Crippen LogP contribution in [0.1, 0.15) is 6.92 Å². The Morgan fingerprint density at radius 1 is 1.18 bits per heavy atom. The number of hydrogen-bond donors (Lipinski definition) is 3. The van der Waals surface area contributed by atoms with E-state index in [2.05, 4.69) is 16.0 Å². The highest BCUT2D eigenvalue weighted by molar-refractivity contribution is 5.94. The summed E-state index contributed by atoms with van der Waals surface area (Å²) in [7, 11) is 1.68. The third-order valence-electron chi connectivity index (χ3n) is 2.69. The summed E-state index contributed by atoms with van der Waals surface area (Å²) in [5.41, 5.74) is -0.489. The second-order valence-electron chi connectivity index (χ2n) is 4.45. The molecule has 1 aromatic rings. The number of halogens is 4. The van der Waals surface area contributed by atoms with Gasteiger partial charge in [0.1, 0.15) is 0 Å². The van der Waals surface area contributed by atoms with E-state index in [0.717, 1.165) is 6.07 Å². The van der Waals surface area contributed by atoms with Crippen molar-refractivity contribution in [2.45, 2.75) is 6.92 Å². The highest BCUT2D eigenvalue weighted by Crippen LogP contribution is 2.19. The van der Waals surface area contributed by atoms with Crippen LogP contribution in [-0.2, 0) is 9.59 Å². The van der Waals surface area contributed by atoms with Gasteiger partial charge in [0.05, 0.1) is 12.2 Å². The monoisotopic (exact) mass is 339 g/mol. The van der Waals surface area contributed by atoms with Crippen LogP contribution >= 0.6 is 12.4 Å². The molecule has 0 aliphatic carbocycles. The normalized spacial score (nSPS) is 11.3. The van der Waals surface area contributed by atoms with Crippen LogP contribution in [-0.4, -0.2) is 32.0 Å². The van der Waals surface area contributed by atoms with E-state index < -0.39 is 35.6 Å². The minimum Gasteiger partial charge on any atom is -0.347 e. The van der Waals surface area contributed by atoms with E-state index in [4.69, 9.17) is 0 Å². The standard InChI is InChI=1S/C13H16F3N3O2.ClH/c1-7(5-17-2)13(21)18-6-10(20)19-9-4-3-8(14)11(15)12(9)16;/h3-4,7,17H,5-6H2,1-2H3,(H,18,21)(H,19,20);1H. The summed E-state index contributed by atoms with van der Waals surface area (Å²) in [6.07, 6.45) is 0. The number of carbonyl (C=O) groups excluding carboxylic acids is 2. The molecule has 9 heteroatoms. The van der Waals surface area contributed by atoms with Gasteiger partial charge in [0.2, 0.25) is 11.8 Å². The summed E-state index contributed by atoms with van der Waals surface area (Å²) in [6.45, 7) is 1.70. The van der Waals surface area contributed by atoms with Crippen molar-refractivity contribution in [3.63, 3.8) is 0 Å². The molecule has 3 N–H and O–H groups in total. The summed E-state index contributed by atoms with van der Waals surface area (Å²) in [5, 5.41) is 7.21. The molecule has 1 aromatic carbocycles. The first-order chi connectivity index (χ1) is 9.86. The molecule has 0 bridgehead atoms. The quantitative estimate of drug-likeness (QED) is 0.687. The van der Waals surface area contributed by atoms with Gasteiger partial charge in [-0.3, -0.25) is 9.59 Å². The number of anilines is 1. The Hall–Kier alpha value is -1.80. The maximum absolute atomic E-state index is 13.3. The topological polar surface area (TPSA) is 70.2 Å². The molecule has 0 aromatic heterocycles. The van der Waals surface area contributed by atoms with Gasteiger partial charge in [-0.1, -0.05) is 6.92 Å². The van der Waals surface area contributed by atoms with Gasteiger partial charge in [-0.2, -0.15) is 0 Å². The van der Waals surface area contributed by atoms with Crippen LogP contribution in [0.2, 0.25) is 0 Å². The number of rotatable bonds is 6. The Morgan fingerprint density at radius 3 is 2.41 bits per heavy atom. The van der Waals surface area contributed by atoms with Crippen LogP contribution in [0.3, 0.4) is 0 Å². The molecule has 0 heterocycles. The number of carbonyl (C=O) groups is 2. The average Bonchev–Trinajstić information content (AvgIpc) is 2.45. The Morgan fingerprint density at radius 2 is 1.82 bits per heavy atom. The van der Waals surface area contributed by atoms with E-state index >= 15 is 0 Å². The lowest BCUT2D eigenvalue weighted by atomic mass is 10.1. The summed E-state index contributed by atoms with van der Waals surface area (Å²) in [4.78, 5) is 23.1. The van der Waals surface area contributed by atoms with Crippen LogP contribution < -0.4 is 16.0 Å². The molecule has 0 saturated carbocycles. The second-order valence-corrected chi connectivity index (χ2v) is 4.45. The molecule has 5 nitrogen and oxygen atoms in total. The van der Waals surface area contributed by atoms with Crippen LogP contribution in [0.25, 0.3) is 0 Å². The highest BCUT2D eigenvalue weighted by Gasteiger charge is 2.16. The fourth-order valence-corrected chi connectivity index (χ4v) is 1.56. The van der Waals surface area contributed by atoms with Crippen LogP contribution in [0, 0.1) is 23.4 Å². The molecule has 0 fully saturated rings. The molecule has 0 aliphatic heterocycles. The van der Waals surface area contributed by atoms with E-state index in [0.29, 0.717) is 12.6 Å². The number of benzene rings is 1. The highest BCUT2D eigenvalue weighted by atomic mass is 35.5. The zero-order valence-corrected chi connectivity index (χ0v) is 12.8. The van der Waals surface area contributed by atoms with Crippen LogP contribution in [0.4, 0.5) is 18.9 Å². The van der Waals surface area contributed by atoms with E-state index in [1.54, 1.807) is 14.0 Å². The largest absolute Gasteiger partial charge is 0.347 e. The van der Waals surface area contributed by atoms with Crippen molar-refractivity contribution in [3.8, 4) is 0 Å². The predicted molar refractivity (Wildman–Crippen MR) is 78.3 cm³/mol. The van der Waals surface area contributed by atoms with Gasteiger partial charge < -0.3 is 16.0 Å². The summed E-state index contributed by atoms with van der Waals surface area (Å²) in [6, 6.07) is 1.60. The average molecular weight is 340 g/mol. The molecule has 22 heavy (non-hydrogen) atoms. The molecular weight excluding hydrogens is 323 g/mol. The first kappa shape index (κ1) is 20.2. The van der Waals surface area contributed by atoms with Gasteiger partial charge >= 0.3 is 0 Å². The van der Waals surface area contributed by atoms with Crippen molar-refractivity contribution >= 4 is 29.9 Å². The van der Waals surface area contributed by atoms with E-state index in [1.165, 1.54) is 0 Å². The molecule has 0 spiro atoms. The lowest BCUT2D eigenvalue weighted by Gasteiger charge is -2.12. The Labute approximate surface area is 132 Å². The van der Waals surface area contributed by atoms with Crippen molar-refractivity contribution in [1.82, 2.24) is 10.6 Å². The number of amides is 2. The minimum atomic E-state index is -1.67. The van der Waals surface area contributed by atoms with Crippen molar-refractivity contribution in [2.24, 2.45) is 5.92 Å². The molecule has 124 valence electrons. The minimum absolute atomic E-state index is 0. The van der Waals surface area contributed by atoms with Gasteiger partial charge in [0.25, 0.3) is 0 Å². The van der Waals surface area contributed by atoms with Gasteiger partial charge in [-0.05, 0) is 19.2 Å². The van der Waals surface area contributed by atoms with Gasteiger partial charge in [0.15, 0.2) is 17.5 Å². The molecule has 2 amide bonds.